The monoisotopic (exact) mass is 694 g/mol. The predicted octanol–water partition coefficient (Wildman–Crippen LogP) is 12.7. The molecule has 0 N–H and O–H groups in total. The van der Waals surface area contributed by atoms with Crippen molar-refractivity contribution in [1.82, 2.24) is 19.5 Å². The van der Waals surface area contributed by atoms with Crippen LogP contribution in [0.4, 0.5) is 0 Å². The molecule has 0 saturated carbocycles. The van der Waals surface area contributed by atoms with Crippen molar-refractivity contribution in [2.45, 2.75) is 0 Å². The molecule has 0 spiro atoms. The van der Waals surface area contributed by atoms with Crippen molar-refractivity contribution in [2.24, 2.45) is 0 Å². The topological polar surface area (TPSA) is 43.6 Å². The van der Waals surface area contributed by atoms with Crippen molar-refractivity contribution in [1.29, 1.82) is 0 Å². The van der Waals surface area contributed by atoms with Gasteiger partial charge in [0.15, 0.2) is 17.5 Å². The molecule has 0 radical (unpaired) electrons. The van der Waals surface area contributed by atoms with Gasteiger partial charge in [-0.05, 0) is 42.4 Å². The fourth-order valence-corrected chi connectivity index (χ4v) is 9.37. The molecule has 51 heavy (non-hydrogen) atoms. The van der Waals surface area contributed by atoms with Gasteiger partial charge in [0.05, 0.1) is 22.0 Å². The van der Waals surface area contributed by atoms with Crippen LogP contribution in [0.1, 0.15) is 11.0 Å². The smallest absolute Gasteiger partial charge is 0.165 e. The summed E-state index contributed by atoms with van der Waals surface area (Å²) in [5, 5.41) is 4.35. The van der Waals surface area contributed by atoms with Crippen molar-refractivity contribution >= 4 is 84.8 Å². The number of hydrogen-bond acceptors (Lipinski definition) is 5. The van der Waals surface area contributed by atoms with Gasteiger partial charge < -0.3 is 4.57 Å². The summed E-state index contributed by atoms with van der Waals surface area (Å²) in [7, 11) is 0. The van der Waals surface area contributed by atoms with Gasteiger partial charge in [0.25, 0.3) is 0 Å². The second-order valence-corrected chi connectivity index (χ2v) is 14.4. The van der Waals surface area contributed by atoms with Crippen LogP contribution in [0.5, 0.6) is 0 Å². The van der Waals surface area contributed by atoms with Gasteiger partial charge in [-0.15, -0.1) is 22.7 Å². The van der Waals surface area contributed by atoms with E-state index in [0.29, 0.717) is 23.2 Å². The van der Waals surface area contributed by atoms with Crippen LogP contribution < -0.4 is 0 Å². The zero-order valence-electron chi connectivity index (χ0n) is 34.5. The van der Waals surface area contributed by atoms with Gasteiger partial charge in [0.2, 0.25) is 0 Å². The molecule has 238 valence electrons. The van der Waals surface area contributed by atoms with Crippen LogP contribution in [0.3, 0.4) is 0 Å². The fourth-order valence-electron chi connectivity index (χ4n) is 6.98. The van der Waals surface area contributed by atoms with Crippen molar-refractivity contribution in [3.8, 4) is 39.9 Å². The molecule has 4 nitrogen and oxygen atoms in total. The zero-order valence-corrected chi connectivity index (χ0v) is 28.1. The van der Waals surface area contributed by atoms with Crippen LogP contribution in [-0.4, -0.2) is 19.5 Å². The predicted molar refractivity (Wildman–Crippen MR) is 216 cm³/mol. The SMILES string of the molecule is [2H]c1c([2H])c([2H])c2c(c1[2H])c1c([2H])c([2H])c([2H])c([2H])c1n2-c1ccc2c(c1)sc1cc3c(cc12)sc1c(-c2nc(-c4ccccc4)nc(-c4ccccc4)n2)cccc13. The van der Waals surface area contributed by atoms with Crippen molar-refractivity contribution in [2.75, 3.05) is 0 Å². The van der Waals surface area contributed by atoms with E-state index < -0.39 is 24.2 Å². The minimum Gasteiger partial charge on any atom is -0.309 e. The van der Waals surface area contributed by atoms with E-state index in [2.05, 4.69) is 24.3 Å². The Labute approximate surface area is 311 Å². The lowest BCUT2D eigenvalue weighted by Gasteiger charge is -2.09. The number of hydrogen-bond donors (Lipinski definition) is 0. The molecule has 6 heteroatoms. The zero-order chi connectivity index (χ0) is 40.4. The first kappa shape index (κ1) is 21.8. The highest BCUT2D eigenvalue weighted by molar-refractivity contribution is 7.27. The molecule has 0 fully saturated rings. The maximum absolute atomic E-state index is 8.91. The first-order valence-corrected chi connectivity index (χ1v) is 17.9. The summed E-state index contributed by atoms with van der Waals surface area (Å²) in [6.07, 6.45) is 0. The molecule has 0 bridgehead atoms. The number of fused-ring (bicyclic) bond motifs is 9. The lowest BCUT2D eigenvalue weighted by atomic mass is 10.1. The number of rotatable bonds is 4. The van der Waals surface area contributed by atoms with Gasteiger partial charge >= 0.3 is 0 Å². The number of thiophene rings is 2. The number of nitrogens with zero attached hydrogens (tertiary/aromatic N) is 4. The minimum absolute atomic E-state index is 0.0608. The number of benzene rings is 7. The minimum atomic E-state index is -0.462. The highest BCUT2D eigenvalue weighted by Gasteiger charge is 2.19. The molecule has 7 aromatic carbocycles. The molecular formula is C45H26N4S2. The molecule has 11 aromatic rings. The molecule has 4 heterocycles. The van der Waals surface area contributed by atoms with E-state index in [0.717, 1.165) is 57.0 Å². The third-order valence-corrected chi connectivity index (χ3v) is 11.6. The molecule has 0 aliphatic heterocycles. The average molecular weight is 695 g/mol. The van der Waals surface area contributed by atoms with Crippen LogP contribution in [0.15, 0.2) is 158 Å². The van der Waals surface area contributed by atoms with Crippen molar-refractivity contribution in [3.63, 3.8) is 0 Å². The summed E-state index contributed by atoms with van der Waals surface area (Å²) in [5.41, 5.74) is 3.45. The van der Waals surface area contributed by atoms with E-state index in [9.17, 15) is 0 Å². The molecule has 0 amide bonds. The summed E-state index contributed by atoms with van der Waals surface area (Å²) < 4.78 is 74.8. The van der Waals surface area contributed by atoms with Crippen LogP contribution >= 0.6 is 22.7 Å². The Bertz CT molecular complexity index is 3470. The van der Waals surface area contributed by atoms with Gasteiger partial charge in [-0.3, -0.25) is 0 Å². The number of aromatic nitrogens is 4. The van der Waals surface area contributed by atoms with Crippen LogP contribution in [0, 0.1) is 0 Å². The van der Waals surface area contributed by atoms with Crippen LogP contribution in [0.25, 0.3) is 102 Å². The van der Waals surface area contributed by atoms with Crippen LogP contribution in [0.2, 0.25) is 0 Å². The first-order valence-electron chi connectivity index (χ1n) is 20.3. The molecule has 0 aliphatic carbocycles. The van der Waals surface area contributed by atoms with Crippen molar-refractivity contribution in [3.05, 3.63) is 158 Å². The van der Waals surface area contributed by atoms with E-state index in [1.54, 1.807) is 27.2 Å². The van der Waals surface area contributed by atoms with Gasteiger partial charge in [-0.25, -0.2) is 15.0 Å². The Morgan fingerprint density at radius 1 is 0.451 bits per heavy atom. The maximum atomic E-state index is 8.91. The summed E-state index contributed by atoms with van der Waals surface area (Å²) in [6, 6.07) is 33.1. The molecule has 4 aromatic heterocycles. The molecule has 0 saturated heterocycles. The Morgan fingerprint density at radius 2 is 1.02 bits per heavy atom. The highest BCUT2D eigenvalue weighted by Crippen LogP contribution is 2.45. The Hall–Kier alpha value is -6.21. The molecule has 0 aliphatic rings. The van der Waals surface area contributed by atoms with E-state index in [1.807, 2.05) is 84.9 Å². The Kier molecular flexibility index (Phi) is 4.76. The quantitative estimate of drug-likeness (QED) is 0.184. The number of para-hydroxylation sites is 2. The lowest BCUT2D eigenvalue weighted by Crippen LogP contribution is -2.00. The third-order valence-electron chi connectivity index (χ3n) is 9.31. The second-order valence-electron chi connectivity index (χ2n) is 12.2. The van der Waals surface area contributed by atoms with Gasteiger partial charge in [0, 0.05) is 73.5 Å². The summed E-state index contributed by atoms with van der Waals surface area (Å²) in [4.78, 5) is 14.9. The largest absolute Gasteiger partial charge is 0.309 e. The summed E-state index contributed by atoms with van der Waals surface area (Å²) in [5.74, 6) is 1.79. The second kappa shape index (κ2) is 11.2. The Balaban J connectivity index is 1.10. The molecule has 11 rings (SSSR count). The summed E-state index contributed by atoms with van der Waals surface area (Å²) in [6.45, 7) is 0. The van der Waals surface area contributed by atoms with Crippen molar-refractivity contribution < 1.29 is 11.0 Å². The standard InChI is InChI=1S/C45H26N4S2/c1-3-12-27(13-4-1)43-46-44(28-14-5-2-6-15-28)48-45(47-43)34-19-11-18-33-36-26-40-35(25-41(36)51-42(33)34)32-23-22-29(24-39(32)50-40)49-37-20-9-7-16-30(37)31-17-8-10-21-38(31)49/h1-26H/i7D,8D,9D,10D,16D,17D,20D,21D. The van der Waals surface area contributed by atoms with Gasteiger partial charge in [-0.1, -0.05) is 115 Å². The van der Waals surface area contributed by atoms with E-state index in [4.69, 9.17) is 25.9 Å². The third kappa shape index (κ3) is 4.47. The normalized spacial score (nSPS) is 14.1. The van der Waals surface area contributed by atoms with E-state index >= 15 is 0 Å². The van der Waals surface area contributed by atoms with E-state index in [1.165, 1.54) is 0 Å². The van der Waals surface area contributed by atoms with Gasteiger partial charge in [-0.2, -0.15) is 0 Å². The van der Waals surface area contributed by atoms with Gasteiger partial charge in [0.1, 0.15) is 0 Å². The molecular weight excluding hydrogens is 661 g/mol. The molecule has 0 unspecified atom stereocenters. The Morgan fingerprint density at radius 3 is 1.69 bits per heavy atom. The lowest BCUT2D eigenvalue weighted by molar-refractivity contribution is 1.08. The first-order chi connectivity index (χ1) is 28.6. The van der Waals surface area contributed by atoms with E-state index in [-0.39, 0.29) is 46.0 Å². The highest BCUT2D eigenvalue weighted by atomic mass is 32.1. The maximum Gasteiger partial charge on any atom is 0.165 e. The fraction of sp³-hybridized carbons (Fsp3) is 0. The van der Waals surface area contributed by atoms with Crippen LogP contribution in [-0.2, 0) is 0 Å². The molecule has 0 atom stereocenters. The summed E-state index contributed by atoms with van der Waals surface area (Å²) >= 11 is 3.28. The average Bonchev–Trinajstić information content (AvgIpc) is 3.95.